The van der Waals surface area contributed by atoms with Gasteiger partial charge in [0, 0.05) is 76.5 Å². The van der Waals surface area contributed by atoms with Crippen molar-refractivity contribution in [3.8, 4) is 39.9 Å². The molecule has 18 rings (SSSR count). The average Bonchev–Trinajstić information content (AvgIpc) is 1.66. The van der Waals surface area contributed by atoms with Gasteiger partial charge in [-0.05, 0) is 310 Å². The number of phenols is 5. The van der Waals surface area contributed by atoms with E-state index in [4.69, 9.17) is 103 Å². The summed E-state index contributed by atoms with van der Waals surface area (Å²) in [6.45, 7) is 11.8. The van der Waals surface area contributed by atoms with E-state index in [0.717, 1.165) is 84.9 Å². The van der Waals surface area contributed by atoms with E-state index in [9.17, 15) is 25.5 Å². The van der Waals surface area contributed by atoms with Gasteiger partial charge in [-0.3, -0.25) is 25.0 Å². The fourth-order valence-corrected chi connectivity index (χ4v) is 23.3. The van der Waals surface area contributed by atoms with Crippen LogP contribution >= 0.6 is 93.0 Å². The summed E-state index contributed by atoms with van der Waals surface area (Å²) in [6, 6.07) is 66.7. The molecule has 147 heavy (non-hydrogen) atoms. The number of aliphatic imine (C=N–C) groups is 5. The molecule has 9 aliphatic carbocycles. The van der Waals surface area contributed by atoms with Crippen LogP contribution in [0, 0.1) is 23.2 Å². The molecule has 10 nitrogen and oxygen atoms in total. The fourth-order valence-electron chi connectivity index (χ4n) is 23.3. The third-order valence-corrected chi connectivity index (χ3v) is 31.4. The summed E-state index contributed by atoms with van der Waals surface area (Å²) >= 11 is -2.78. The number of hydrogen-bond acceptors (Lipinski definition) is 10. The van der Waals surface area contributed by atoms with Crippen molar-refractivity contribution < 1.29 is 111 Å². The van der Waals surface area contributed by atoms with Crippen LogP contribution < -0.4 is 0 Å². The Morgan fingerprint density at radius 1 is 0.245 bits per heavy atom. The zero-order chi connectivity index (χ0) is 105. The van der Waals surface area contributed by atoms with E-state index in [0.29, 0.717) is 87.7 Å². The Morgan fingerprint density at radius 3 is 0.823 bits per heavy atom. The second-order valence-corrected chi connectivity index (χ2v) is 55.4. The van der Waals surface area contributed by atoms with E-state index in [-0.39, 0.29) is 0 Å². The van der Waals surface area contributed by atoms with Crippen LogP contribution in [0.1, 0.15) is 432 Å². The first-order valence-corrected chi connectivity index (χ1v) is 76.0. The number of benzene rings is 9. The minimum absolute atomic E-state index is 0.306. The predicted octanol–water partition coefficient (Wildman–Crippen LogP) is 41.5. The van der Waals surface area contributed by atoms with Crippen molar-refractivity contribution in [2.75, 3.05) is 0 Å². The maximum absolute atomic E-state index is 11.1. The Morgan fingerprint density at radius 2 is 0.503 bits per heavy atom. The van der Waals surface area contributed by atoms with E-state index < -0.39 is 85.2 Å². The van der Waals surface area contributed by atoms with Gasteiger partial charge in [-0.2, -0.15) is 0 Å². The SMILES string of the molecule is CC1CCCC(c2cccc(C=NC3CCC(C(C)(C)C)CC3)c2O)CCC1.CC1CCCC(c2cccc(C=NC3CCCCC3)c2O)CCC1.Oc1c(C=Nc2ccccc2)cc(C2CCCCC2)cc1-c1ccccc1.Oc1c(C=Nc2ccccc2)cc(C2CCCCC2)cc1C1CCCC1.Oc1c(C=Nc2ccccc2)cc(C2CCCCC2)cc1C1CCCCC1.[Cl][Ti][Cl].[Cl][Ti][Cl].[Cl][Ti][Cl].[Cl][Ti][Cl].[Cl][Ti][Cl]. The number of nitrogens with zero attached hydrogens (tertiary/aromatic N) is 5. The average molecular weight is 2370 g/mol. The first-order chi connectivity index (χ1) is 71.6. The number of hydrogen-bond donors (Lipinski definition) is 5. The van der Waals surface area contributed by atoms with Crippen LogP contribution in [0.4, 0.5) is 17.1 Å². The van der Waals surface area contributed by atoms with Crippen molar-refractivity contribution in [1.29, 1.82) is 0 Å². The molecule has 0 aliphatic heterocycles. The van der Waals surface area contributed by atoms with Crippen molar-refractivity contribution in [2.24, 2.45) is 48.1 Å². The molecule has 25 heteroatoms. The second-order valence-electron chi connectivity index (χ2n) is 42.5. The van der Waals surface area contributed by atoms with Gasteiger partial charge in [-0.1, -0.05) is 316 Å². The Labute approximate surface area is 966 Å². The Hall–Kier alpha value is -3.20. The third-order valence-electron chi connectivity index (χ3n) is 31.4. The quantitative estimate of drug-likeness (QED) is 0.0426. The summed E-state index contributed by atoms with van der Waals surface area (Å²) < 4.78 is 0. The van der Waals surface area contributed by atoms with Crippen LogP contribution in [0.25, 0.3) is 11.1 Å². The molecule has 0 bridgehead atoms. The fraction of sp³-hybridized carbons (Fsp3) is 0.516. The third kappa shape index (κ3) is 45.7. The summed E-state index contributed by atoms with van der Waals surface area (Å²) in [7, 11) is 48.9. The Balaban J connectivity index is 0.000000197. The maximum atomic E-state index is 11.1. The van der Waals surface area contributed by atoms with Gasteiger partial charge < -0.3 is 25.5 Å². The molecule has 9 fully saturated rings. The molecule has 9 aromatic rings. The molecule has 9 aliphatic rings. The second kappa shape index (κ2) is 74.1. The van der Waals surface area contributed by atoms with Gasteiger partial charge in [-0.25, -0.2) is 0 Å². The number of para-hydroxylation sites is 5. The normalized spacial score (nSPS) is 20.5. The van der Waals surface area contributed by atoms with Crippen LogP contribution in [0.5, 0.6) is 28.7 Å². The molecule has 792 valence electrons. The van der Waals surface area contributed by atoms with Gasteiger partial charge in [0.25, 0.3) is 0 Å². The molecule has 9 saturated carbocycles. The van der Waals surface area contributed by atoms with Crippen LogP contribution in [-0.2, 0) is 85.2 Å². The standard InChI is InChI=1S/C26H41NO.C25H31NO.C25H25NO.C24H29NO.C22H33NO.10ClH.5Ti/c1-19-8-5-10-20(11-6-9-19)24-13-7-12-21(25(24)28)18-27-23-16-14-22(15-17-23)26(2,3)4;2*27-25-22(18-26-23-14-8-3-9-15-23)16-21(19-10-4-1-5-11-19)17-24(25)20-12-6-2-7-13-20;26-24-21(17-25-22-13-5-2-6-14-22)15-20(18-9-3-1-4-10-18)16-23(24)19-11-7-8-12-19;1-17-8-5-10-18(11-6-9-17)21-15-7-12-19(22(21)24)16-23-20-13-3-2-4-14-20;;;;;;;;;;;;;;;/h7,12-13,18-20,22-23,28H,5-6,8-11,14-17H2,1-4H3;3,8-9,14-20,27H,1-2,4-7,10-13H2;2-3,6-9,12-19,27H,1,4-5,10-11H2;2,5-6,13-19,26H,1,3-4,7-12H2;7,12,15-18,20,24H,2-6,8-11,13-14H2,1H3;10*1H;;;;;/q;;;;;;;;;;;;;;;5*+2/p-10. The van der Waals surface area contributed by atoms with Gasteiger partial charge in [-0.15, -0.1) is 0 Å². The molecule has 0 aromatic heterocycles. The van der Waals surface area contributed by atoms with Gasteiger partial charge in [0.2, 0.25) is 0 Å². The minimum atomic E-state index is -0.556. The van der Waals surface area contributed by atoms with Gasteiger partial charge in [0.15, 0.2) is 0 Å². The first-order valence-electron chi connectivity index (χ1n) is 54.5. The van der Waals surface area contributed by atoms with E-state index in [2.05, 4.69) is 122 Å². The van der Waals surface area contributed by atoms with Gasteiger partial charge in [0.1, 0.15) is 28.7 Å². The van der Waals surface area contributed by atoms with Crippen LogP contribution in [0.2, 0.25) is 0 Å². The molecule has 0 amide bonds. The Bertz CT molecular complexity index is 5250. The van der Waals surface area contributed by atoms with E-state index in [1.54, 1.807) is 6.21 Å². The molecular weight excluding hydrogens is 2210 g/mol. The van der Waals surface area contributed by atoms with Gasteiger partial charge >= 0.3 is 178 Å². The molecule has 0 radical (unpaired) electrons. The zero-order valence-electron chi connectivity index (χ0n) is 87.4. The van der Waals surface area contributed by atoms with Crippen LogP contribution in [-0.4, -0.2) is 68.7 Å². The molecule has 0 unspecified atom stereocenters. The molecule has 9 aromatic carbocycles. The number of rotatable bonds is 18. The zero-order valence-corrected chi connectivity index (χ0v) is 103. The molecule has 0 spiro atoms. The molecule has 5 N–H and O–H groups in total. The molecular formula is C122H159Cl10N5O5Ti5. The number of halogens is 10. The van der Waals surface area contributed by atoms with E-state index in [1.807, 2.05) is 146 Å². The Kier molecular flexibility index (Phi) is 64.2. The summed E-state index contributed by atoms with van der Waals surface area (Å²) in [5.74, 6) is 8.64. The van der Waals surface area contributed by atoms with Crippen LogP contribution in [0.15, 0.2) is 219 Å². The number of aromatic hydroxyl groups is 5. The van der Waals surface area contributed by atoms with Gasteiger partial charge in [0.05, 0.1) is 17.1 Å². The summed E-state index contributed by atoms with van der Waals surface area (Å²) in [5, 5.41) is 54.7. The van der Waals surface area contributed by atoms with Crippen molar-refractivity contribution in [2.45, 2.75) is 377 Å². The van der Waals surface area contributed by atoms with Crippen molar-refractivity contribution in [3.05, 3.63) is 261 Å². The van der Waals surface area contributed by atoms with Crippen molar-refractivity contribution >= 4 is 141 Å². The predicted molar refractivity (Wildman–Crippen MR) is 617 cm³/mol. The van der Waals surface area contributed by atoms with Crippen molar-refractivity contribution in [1.82, 2.24) is 0 Å². The van der Waals surface area contributed by atoms with E-state index in [1.165, 1.54) is 317 Å². The molecule has 0 atom stereocenters. The summed E-state index contributed by atoms with van der Waals surface area (Å²) in [6.07, 6.45) is 66.8. The molecule has 0 saturated heterocycles. The summed E-state index contributed by atoms with van der Waals surface area (Å²) in [5.41, 5.74) is 18.3. The monoisotopic (exact) mass is 2360 g/mol. The van der Waals surface area contributed by atoms with Crippen LogP contribution in [0.3, 0.4) is 0 Å². The summed E-state index contributed by atoms with van der Waals surface area (Å²) in [4.78, 5) is 23.4. The van der Waals surface area contributed by atoms with Crippen molar-refractivity contribution in [3.63, 3.8) is 0 Å². The topological polar surface area (TPSA) is 163 Å². The number of phenolic OH excluding ortho intramolecular Hbond substituents is 5. The van der Waals surface area contributed by atoms with E-state index >= 15 is 0 Å². The molecule has 0 heterocycles. The first kappa shape index (κ1) is 127.